The summed E-state index contributed by atoms with van der Waals surface area (Å²) in [5, 5.41) is 0.622. The molecule has 2 atom stereocenters. The third-order valence-corrected chi connectivity index (χ3v) is 3.33. The van der Waals surface area contributed by atoms with Crippen molar-refractivity contribution in [2.75, 3.05) is 6.26 Å². The molecule has 1 aliphatic rings. The van der Waals surface area contributed by atoms with E-state index in [0.29, 0.717) is 17.3 Å². The van der Waals surface area contributed by atoms with E-state index in [1.165, 1.54) is 12.8 Å². The molecule has 0 radical (unpaired) electrons. The summed E-state index contributed by atoms with van der Waals surface area (Å²) in [6, 6.07) is 0.357. The van der Waals surface area contributed by atoms with Crippen molar-refractivity contribution >= 4 is 17.7 Å². The molecule has 0 aromatic rings. The van der Waals surface area contributed by atoms with Crippen LogP contribution in [-0.2, 0) is 0 Å². The van der Waals surface area contributed by atoms with Crippen molar-refractivity contribution in [3.63, 3.8) is 0 Å². The van der Waals surface area contributed by atoms with E-state index in [1.54, 1.807) is 0 Å². The summed E-state index contributed by atoms with van der Waals surface area (Å²) in [7, 11) is 0. The van der Waals surface area contributed by atoms with Crippen molar-refractivity contribution in [3.05, 3.63) is 0 Å². The Bertz CT molecular complexity index is 171. The van der Waals surface area contributed by atoms with E-state index in [4.69, 9.17) is 11.6 Å². The zero-order chi connectivity index (χ0) is 8.97. The van der Waals surface area contributed by atoms with E-state index < -0.39 is 0 Å². The highest BCUT2D eigenvalue weighted by Gasteiger charge is 2.25. The van der Waals surface area contributed by atoms with Crippen molar-refractivity contribution in [1.82, 2.24) is 5.43 Å². The fourth-order valence-corrected chi connectivity index (χ4v) is 2.46. The van der Waals surface area contributed by atoms with Gasteiger partial charge in [0.1, 0.15) is 0 Å². The summed E-state index contributed by atoms with van der Waals surface area (Å²) in [6.45, 7) is 0. The largest absolute Gasteiger partial charge is 0.369 e. The molecule has 12 heavy (non-hydrogen) atoms. The molecule has 0 aliphatic heterocycles. The van der Waals surface area contributed by atoms with E-state index in [1.807, 2.05) is 11.8 Å². The summed E-state index contributed by atoms with van der Waals surface area (Å²) in [6.07, 6.45) is 5.74. The predicted octanol–water partition coefficient (Wildman–Crippen LogP) is 0.0485. The highest BCUT2D eigenvalue weighted by Crippen LogP contribution is 2.30. The van der Waals surface area contributed by atoms with Gasteiger partial charge in [-0.05, 0) is 19.1 Å². The lowest BCUT2D eigenvalue weighted by atomic mass is 10.3. The minimum Gasteiger partial charge on any atom is -0.369 e. The number of hydrogen-bond acceptors (Lipinski definition) is 3. The highest BCUT2D eigenvalue weighted by molar-refractivity contribution is 7.99. The molecule has 4 nitrogen and oxygen atoms in total. The van der Waals surface area contributed by atoms with Crippen molar-refractivity contribution < 1.29 is 0 Å². The fraction of sp³-hybridized carbons (Fsp3) is 0.857. The van der Waals surface area contributed by atoms with Gasteiger partial charge in [-0.15, -0.1) is 0 Å². The Morgan fingerprint density at radius 2 is 2.33 bits per heavy atom. The number of nitrogens with zero attached hydrogens (tertiary/aromatic N) is 1. The Labute approximate surface area is 77.1 Å². The molecule has 1 aliphatic carbocycles. The Kier molecular flexibility index (Phi) is 3.68. The van der Waals surface area contributed by atoms with E-state index in [-0.39, 0.29) is 0 Å². The van der Waals surface area contributed by atoms with Crippen LogP contribution >= 0.6 is 11.8 Å². The van der Waals surface area contributed by atoms with Gasteiger partial charge in [0, 0.05) is 5.25 Å². The highest BCUT2D eigenvalue weighted by atomic mass is 32.2. The molecular weight excluding hydrogens is 172 g/mol. The third-order valence-electron chi connectivity index (χ3n) is 2.17. The Morgan fingerprint density at radius 3 is 2.92 bits per heavy atom. The number of hydrogen-bond donors (Lipinski definition) is 3. The number of hydrazine groups is 1. The molecule has 0 amide bonds. The van der Waals surface area contributed by atoms with Crippen LogP contribution in [0.5, 0.6) is 0 Å². The summed E-state index contributed by atoms with van der Waals surface area (Å²) < 4.78 is 0. The molecule has 70 valence electrons. The van der Waals surface area contributed by atoms with Gasteiger partial charge in [0.15, 0.2) is 0 Å². The van der Waals surface area contributed by atoms with Crippen LogP contribution < -0.4 is 17.0 Å². The lowest BCUT2D eigenvalue weighted by Crippen LogP contribution is -2.38. The van der Waals surface area contributed by atoms with Gasteiger partial charge in [0.2, 0.25) is 5.96 Å². The van der Waals surface area contributed by atoms with E-state index >= 15 is 0 Å². The quantitative estimate of drug-likeness (QED) is 0.248. The molecule has 1 saturated carbocycles. The smallest absolute Gasteiger partial charge is 0.203 e. The maximum Gasteiger partial charge on any atom is 0.203 e. The van der Waals surface area contributed by atoms with Gasteiger partial charge >= 0.3 is 0 Å². The monoisotopic (exact) mass is 188 g/mol. The second-order valence-electron chi connectivity index (χ2n) is 2.93. The first kappa shape index (κ1) is 9.67. The molecule has 5 heteroatoms. The van der Waals surface area contributed by atoms with Crippen molar-refractivity contribution in [2.45, 2.75) is 30.6 Å². The molecule has 2 unspecified atom stereocenters. The standard InChI is InChI=1S/C7H16N4S/c1-12-6-4-2-3-5(6)10-7(8)11-9/h5-6H,2-4,9H2,1H3,(H3,8,10,11). The SMILES string of the molecule is CSC1CCCC1N=C(N)NN. The first-order valence-corrected chi connectivity index (χ1v) is 5.39. The first-order chi connectivity index (χ1) is 5.77. The average molecular weight is 188 g/mol. The second-order valence-corrected chi connectivity index (χ2v) is 4.01. The van der Waals surface area contributed by atoms with Crippen molar-refractivity contribution in [1.29, 1.82) is 0 Å². The molecule has 0 bridgehead atoms. The summed E-state index contributed by atoms with van der Waals surface area (Å²) >= 11 is 1.86. The van der Waals surface area contributed by atoms with Gasteiger partial charge in [0.25, 0.3) is 0 Å². The second kappa shape index (κ2) is 4.57. The fourth-order valence-electron chi connectivity index (χ4n) is 1.54. The van der Waals surface area contributed by atoms with Gasteiger partial charge in [0.05, 0.1) is 6.04 Å². The van der Waals surface area contributed by atoms with Crippen LogP contribution in [0.1, 0.15) is 19.3 Å². The molecular formula is C7H16N4S. The van der Waals surface area contributed by atoms with Crippen LogP contribution in [0, 0.1) is 0 Å². The number of aliphatic imine (C=N–C) groups is 1. The number of guanidine groups is 1. The number of rotatable bonds is 2. The Morgan fingerprint density at radius 1 is 1.58 bits per heavy atom. The lowest BCUT2D eigenvalue weighted by molar-refractivity contribution is 0.710. The van der Waals surface area contributed by atoms with E-state index in [0.717, 1.165) is 6.42 Å². The maximum atomic E-state index is 5.47. The van der Waals surface area contributed by atoms with Gasteiger partial charge in [-0.2, -0.15) is 11.8 Å². The molecule has 1 rings (SSSR count). The molecule has 0 heterocycles. The zero-order valence-corrected chi connectivity index (χ0v) is 8.10. The normalized spacial score (nSPS) is 30.7. The van der Waals surface area contributed by atoms with Crippen LogP contribution in [0.15, 0.2) is 4.99 Å². The molecule has 0 aromatic heterocycles. The third kappa shape index (κ3) is 2.28. The van der Waals surface area contributed by atoms with Crippen LogP contribution in [0.25, 0.3) is 0 Å². The van der Waals surface area contributed by atoms with Crippen LogP contribution in [0.3, 0.4) is 0 Å². The number of thioether (sulfide) groups is 1. The molecule has 5 N–H and O–H groups in total. The average Bonchev–Trinajstić information content (AvgIpc) is 2.51. The topological polar surface area (TPSA) is 76.4 Å². The minimum absolute atomic E-state index is 0.348. The lowest BCUT2D eigenvalue weighted by Gasteiger charge is -2.13. The summed E-state index contributed by atoms with van der Waals surface area (Å²) in [5.41, 5.74) is 7.83. The van der Waals surface area contributed by atoms with Gasteiger partial charge < -0.3 is 5.73 Å². The van der Waals surface area contributed by atoms with Gasteiger partial charge in [-0.25, -0.2) is 10.8 Å². The molecule has 0 spiro atoms. The van der Waals surface area contributed by atoms with E-state index in [2.05, 4.69) is 16.7 Å². The van der Waals surface area contributed by atoms with Crippen LogP contribution in [0.4, 0.5) is 0 Å². The van der Waals surface area contributed by atoms with Gasteiger partial charge in [-0.1, -0.05) is 6.42 Å². The first-order valence-electron chi connectivity index (χ1n) is 4.10. The van der Waals surface area contributed by atoms with Crippen LogP contribution in [-0.4, -0.2) is 23.5 Å². The molecule has 0 saturated heterocycles. The summed E-state index contributed by atoms with van der Waals surface area (Å²) in [4.78, 5) is 4.28. The molecule has 0 aromatic carbocycles. The van der Waals surface area contributed by atoms with Gasteiger partial charge in [-0.3, -0.25) is 5.43 Å². The van der Waals surface area contributed by atoms with Crippen molar-refractivity contribution in [2.24, 2.45) is 16.6 Å². The van der Waals surface area contributed by atoms with Crippen molar-refractivity contribution in [3.8, 4) is 0 Å². The maximum absolute atomic E-state index is 5.47. The minimum atomic E-state index is 0.348. The number of nitrogens with one attached hydrogen (secondary N) is 1. The Balaban J connectivity index is 2.50. The predicted molar refractivity (Wildman–Crippen MR) is 53.9 cm³/mol. The summed E-state index contributed by atoms with van der Waals surface area (Å²) in [5.74, 6) is 5.47. The molecule has 1 fully saturated rings. The zero-order valence-electron chi connectivity index (χ0n) is 7.29. The van der Waals surface area contributed by atoms with Crippen LogP contribution in [0.2, 0.25) is 0 Å². The Hall–Kier alpha value is -0.420. The van der Waals surface area contributed by atoms with E-state index in [9.17, 15) is 0 Å². The number of nitrogens with two attached hydrogens (primary N) is 2.